The van der Waals surface area contributed by atoms with E-state index in [2.05, 4.69) is 10.2 Å². The predicted octanol–water partition coefficient (Wildman–Crippen LogP) is 1.88. The molecule has 0 heterocycles. The van der Waals surface area contributed by atoms with Crippen molar-refractivity contribution in [2.24, 2.45) is 0 Å². The number of alkyl halides is 2. The summed E-state index contributed by atoms with van der Waals surface area (Å²) < 4.78 is 24.2. The highest BCUT2D eigenvalue weighted by atomic mass is 19.3. The molecular formula is C11H22F2N2O. The second-order valence-corrected chi connectivity index (χ2v) is 4.30. The van der Waals surface area contributed by atoms with E-state index < -0.39 is 12.5 Å². The Hall–Kier alpha value is -0.710. The van der Waals surface area contributed by atoms with Gasteiger partial charge in [-0.3, -0.25) is 4.79 Å². The first kappa shape index (κ1) is 15.3. The third kappa shape index (κ3) is 8.59. The summed E-state index contributed by atoms with van der Waals surface area (Å²) in [6, 6.07) is -1.05. The second kappa shape index (κ2) is 8.44. The molecule has 0 aliphatic carbocycles. The first-order chi connectivity index (χ1) is 7.43. The maximum atomic E-state index is 12.1. The molecule has 0 aromatic heterocycles. The lowest BCUT2D eigenvalue weighted by molar-refractivity contribution is -0.122. The Balaban J connectivity index is 3.44. The molecule has 0 radical (unpaired) electrons. The molecule has 16 heavy (non-hydrogen) atoms. The second-order valence-electron chi connectivity index (χ2n) is 4.30. The van der Waals surface area contributed by atoms with E-state index in [9.17, 15) is 13.6 Å². The minimum absolute atomic E-state index is 0.280. The summed E-state index contributed by atoms with van der Waals surface area (Å²) in [6.07, 6.45) is 0.595. The van der Waals surface area contributed by atoms with Gasteiger partial charge in [-0.2, -0.15) is 0 Å². The van der Waals surface area contributed by atoms with Gasteiger partial charge in [0.25, 0.3) is 6.43 Å². The average molecular weight is 236 g/mol. The largest absolute Gasteiger partial charge is 0.348 e. The molecule has 1 unspecified atom stereocenters. The highest BCUT2D eigenvalue weighted by molar-refractivity contribution is 5.76. The molecule has 3 nitrogen and oxygen atoms in total. The van der Waals surface area contributed by atoms with Crippen LogP contribution in [0.25, 0.3) is 0 Å². The number of carbonyl (C=O) groups is 1. The molecule has 0 bridgehead atoms. The number of rotatable bonds is 8. The zero-order valence-electron chi connectivity index (χ0n) is 10.3. The molecule has 1 atom stereocenters. The van der Waals surface area contributed by atoms with E-state index in [-0.39, 0.29) is 5.91 Å². The lowest BCUT2D eigenvalue weighted by Gasteiger charge is -2.12. The van der Waals surface area contributed by atoms with Crippen LogP contribution < -0.4 is 5.32 Å². The van der Waals surface area contributed by atoms with Crippen molar-refractivity contribution in [3.05, 3.63) is 0 Å². The summed E-state index contributed by atoms with van der Waals surface area (Å²) in [6.45, 7) is 2.31. The molecular weight excluding hydrogens is 214 g/mol. The van der Waals surface area contributed by atoms with Crippen LogP contribution in [0.2, 0.25) is 0 Å². The van der Waals surface area contributed by atoms with Crippen molar-refractivity contribution in [1.82, 2.24) is 10.2 Å². The van der Waals surface area contributed by atoms with Crippen molar-refractivity contribution in [3.63, 3.8) is 0 Å². The molecule has 0 aromatic rings. The summed E-state index contributed by atoms with van der Waals surface area (Å²) in [5.74, 6) is -0.280. The summed E-state index contributed by atoms with van der Waals surface area (Å²) >= 11 is 0. The number of amides is 1. The van der Waals surface area contributed by atoms with Crippen LogP contribution >= 0.6 is 0 Å². The minimum Gasteiger partial charge on any atom is -0.348 e. The van der Waals surface area contributed by atoms with E-state index in [4.69, 9.17) is 0 Å². The molecule has 0 spiro atoms. The van der Waals surface area contributed by atoms with Gasteiger partial charge in [-0.05, 0) is 40.4 Å². The van der Waals surface area contributed by atoms with Crippen LogP contribution in [0.1, 0.15) is 32.6 Å². The molecule has 5 heteroatoms. The maximum Gasteiger partial charge on any atom is 0.258 e. The van der Waals surface area contributed by atoms with E-state index in [1.165, 1.54) is 6.92 Å². The molecule has 1 N–H and O–H groups in total. The van der Waals surface area contributed by atoms with Crippen molar-refractivity contribution in [1.29, 1.82) is 0 Å². The lowest BCUT2D eigenvalue weighted by atomic mass is 10.2. The van der Waals surface area contributed by atoms with E-state index in [1.807, 2.05) is 14.1 Å². The van der Waals surface area contributed by atoms with Crippen LogP contribution in [-0.4, -0.2) is 43.9 Å². The Morgan fingerprint density at radius 3 is 2.38 bits per heavy atom. The smallest absolute Gasteiger partial charge is 0.258 e. The normalized spacial score (nSPS) is 13.2. The van der Waals surface area contributed by atoms with Gasteiger partial charge in [-0.15, -0.1) is 0 Å². The van der Waals surface area contributed by atoms with Gasteiger partial charge in [0.1, 0.15) is 0 Å². The van der Waals surface area contributed by atoms with Crippen LogP contribution in [-0.2, 0) is 4.79 Å². The monoisotopic (exact) mass is 236 g/mol. The van der Waals surface area contributed by atoms with Gasteiger partial charge in [0, 0.05) is 6.42 Å². The molecule has 0 aromatic carbocycles. The summed E-state index contributed by atoms with van der Waals surface area (Å²) in [5, 5.41) is 2.28. The van der Waals surface area contributed by atoms with E-state index in [0.717, 1.165) is 25.8 Å². The first-order valence-corrected chi connectivity index (χ1v) is 5.65. The fourth-order valence-electron chi connectivity index (χ4n) is 1.28. The average Bonchev–Trinajstić information content (AvgIpc) is 2.16. The maximum absolute atomic E-state index is 12.1. The van der Waals surface area contributed by atoms with Crippen molar-refractivity contribution < 1.29 is 13.6 Å². The molecule has 0 saturated heterocycles. The predicted molar refractivity (Wildman–Crippen MR) is 60.6 cm³/mol. The Bertz CT molecular complexity index is 198. The summed E-state index contributed by atoms with van der Waals surface area (Å²) in [7, 11) is 3.99. The molecule has 0 aliphatic rings. The summed E-state index contributed by atoms with van der Waals surface area (Å²) in [5.41, 5.74) is 0. The Morgan fingerprint density at radius 2 is 1.88 bits per heavy atom. The molecule has 0 fully saturated rings. The zero-order valence-corrected chi connectivity index (χ0v) is 10.3. The quantitative estimate of drug-likeness (QED) is 0.653. The van der Waals surface area contributed by atoms with Crippen molar-refractivity contribution in [2.45, 2.75) is 45.1 Å². The van der Waals surface area contributed by atoms with Gasteiger partial charge in [0.15, 0.2) is 0 Å². The molecule has 0 saturated carbocycles. The number of hydrogen-bond donors (Lipinski definition) is 1. The van der Waals surface area contributed by atoms with Gasteiger partial charge >= 0.3 is 0 Å². The van der Waals surface area contributed by atoms with Gasteiger partial charge in [0.2, 0.25) is 5.91 Å². The molecule has 0 aliphatic heterocycles. The Morgan fingerprint density at radius 1 is 1.25 bits per heavy atom. The van der Waals surface area contributed by atoms with E-state index in [1.54, 1.807) is 0 Å². The van der Waals surface area contributed by atoms with Crippen LogP contribution in [0.15, 0.2) is 0 Å². The number of nitrogens with one attached hydrogen (secondary N) is 1. The summed E-state index contributed by atoms with van der Waals surface area (Å²) in [4.78, 5) is 13.3. The van der Waals surface area contributed by atoms with Crippen LogP contribution in [0.3, 0.4) is 0 Å². The zero-order chi connectivity index (χ0) is 12.6. The number of carbonyl (C=O) groups excluding carboxylic acids is 1. The van der Waals surface area contributed by atoms with Crippen LogP contribution in [0.5, 0.6) is 0 Å². The number of halogens is 2. The van der Waals surface area contributed by atoms with E-state index in [0.29, 0.717) is 6.42 Å². The topological polar surface area (TPSA) is 32.3 Å². The van der Waals surface area contributed by atoms with Crippen molar-refractivity contribution in [2.75, 3.05) is 20.6 Å². The molecule has 0 rings (SSSR count). The standard InChI is InChI=1S/C11H22F2N2O/c1-9(11(12)13)14-10(16)7-5-4-6-8-15(2)3/h9,11H,4-8H2,1-3H3,(H,14,16). The highest BCUT2D eigenvalue weighted by Gasteiger charge is 2.16. The molecule has 96 valence electrons. The number of nitrogens with zero attached hydrogens (tertiary/aromatic N) is 1. The van der Waals surface area contributed by atoms with Crippen LogP contribution in [0.4, 0.5) is 8.78 Å². The third-order valence-electron chi connectivity index (χ3n) is 2.28. The molecule has 1 amide bonds. The van der Waals surface area contributed by atoms with Crippen molar-refractivity contribution >= 4 is 5.91 Å². The fourth-order valence-corrected chi connectivity index (χ4v) is 1.28. The highest BCUT2D eigenvalue weighted by Crippen LogP contribution is 2.03. The van der Waals surface area contributed by atoms with Gasteiger partial charge < -0.3 is 10.2 Å². The third-order valence-corrected chi connectivity index (χ3v) is 2.28. The van der Waals surface area contributed by atoms with Crippen molar-refractivity contribution in [3.8, 4) is 0 Å². The van der Waals surface area contributed by atoms with Gasteiger partial charge in [0.05, 0.1) is 6.04 Å². The van der Waals surface area contributed by atoms with Crippen LogP contribution in [0, 0.1) is 0 Å². The first-order valence-electron chi connectivity index (χ1n) is 5.65. The number of unbranched alkanes of at least 4 members (excludes halogenated alkanes) is 2. The fraction of sp³-hybridized carbons (Fsp3) is 0.909. The van der Waals surface area contributed by atoms with Gasteiger partial charge in [-0.25, -0.2) is 8.78 Å². The van der Waals surface area contributed by atoms with E-state index >= 15 is 0 Å². The SMILES string of the molecule is CC(NC(=O)CCCCCN(C)C)C(F)F. The number of hydrogen-bond acceptors (Lipinski definition) is 2. The Labute approximate surface area is 96.2 Å². The van der Waals surface area contributed by atoms with Gasteiger partial charge in [-0.1, -0.05) is 6.42 Å². The lowest BCUT2D eigenvalue weighted by Crippen LogP contribution is -2.37. The minimum atomic E-state index is -2.49. The Kier molecular flexibility index (Phi) is 8.07.